The highest BCUT2D eigenvalue weighted by Crippen LogP contribution is 2.33. The number of nitrogens with two attached hydrogens (primary N) is 1. The monoisotopic (exact) mass is 358 g/mol. The van der Waals surface area contributed by atoms with Gasteiger partial charge in [-0.2, -0.15) is 0 Å². The molecule has 112 valence electrons. The van der Waals surface area contributed by atoms with Crippen LogP contribution in [0, 0.1) is 0 Å². The SMILES string of the molecule is CN(C1CCCCCC1)C(CN)c1cc(Cl)ccc1Br. The van der Waals surface area contributed by atoms with Gasteiger partial charge in [-0.1, -0.05) is 53.2 Å². The quantitative estimate of drug-likeness (QED) is 0.786. The lowest BCUT2D eigenvalue weighted by atomic mass is 10.0. The molecule has 1 aliphatic rings. The number of benzene rings is 1. The molecule has 2 nitrogen and oxygen atoms in total. The Kier molecular flexibility index (Phi) is 6.34. The molecule has 4 heteroatoms. The van der Waals surface area contributed by atoms with Crippen LogP contribution in [-0.4, -0.2) is 24.5 Å². The summed E-state index contributed by atoms with van der Waals surface area (Å²) in [6.07, 6.45) is 7.99. The van der Waals surface area contributed by atoms with E-state index in [1.54, 1.807) is 0 Å². The van der Waals surface area contributed by atoms with E-state index in [-0.39, 0.29) is 6.04 Å². The third-order valence-corrected chi connectivity index (χ3v) is 5.39. The van der Waals surface area contributed by atoms with Crippen molar-refractivity contribution in [3.8, 4) is 0 Å². The van der Waals surface area contributed by atoms with Crippen molar-refractivity contribution in [3.05, 3.63) is 33.3 Å². The highest BCUT2D eigenvalue weighted by atomic mass is 79.9. The number of likely N-dealkylation sites (N-methyl/N-ethyl adjacent to an activating group) is 1. The molecule has 0 saturated heterocycles. The molecule has 2 rings (SSSR count). The van der Waals surface area contributed by atoms with Crippen LogP contribution in [0.3, 0.4) is 0 Å². The molecule has 1 atom stereocenters. The van der Waals surface area contributed by atoms with Crippen LogP contribution in [-0.2, 0) is 0 Å². The molecule has 1 unspecified atom stereocenters. The highest BCUT2D eigenvalue weighted by molar-refractivity contribution is 9.10. The lowest BCUT2D eigenvalue weighted by Gasteiger charge is -2.35. The molecule has 1 aliphatic carbocycles. The maximum absolute atomic E-state index is 6.15. The maximum Gasteiger partial charge on any atom is 0.0482 e. The summed E-state index contributed by atoms with van der Waals surface area (Å²) in [5.74, 6) is 0. The third-order valence-electron chi connectivity index (χ3n) is 4.43. The van der Waals surface area contributed by atoms with Gasteiger partial charge in [-0.15, -0.1) is 0 Å². The standard InChI is InChI=1S/C16H24BrClN2/c1-20(13-6-4-2-3-5-7-13)16(11-19)14-10-12(18)8-9-15(14)17/h8-10,13,16H,2-7,11,19H2,1H3. The summed E-state index contributed by atoms with van der Waals surface area (Å²) in [6.45, 7) is 0.617. The van der Waals surface area contributed by atoms with Crippen LogP contribution in [0.2, 0.25) is 5.02 Å². The van der Waals surface area contributed by atoms with Gasteiger partial charge in [0.05, 0.1) is 0 Å². The van der Waals surface area contributed by atoms with Crippen molar-refractivity contribution in [2.24, 2.45) is 5.73 Å². The summed E-state index contributed by atoms with van der Waals surface area (Å²) < 4.78 is 1.10. The Balaban J connectivity index is 2.19. The van der Waals surface area contributed by atoms with Crippen LogP contribution in [0.4, 0.5) is 0 Å². The normalized spacial score (nSPS) is 19.1. The molecular weight excluding hydrogens is 336 g/mol. The van der Waals surface area contributed by atoms with Gasteiger partial charge in [-0.25, -0.2) is 0 Å². The van der Waals surface area contributed by atoms with Gasteiger partial charge in [0.15, 0.2) is 0 Å². The van der Waals surface area contributed by atoms with Crippen LogP contribution in [0.5, 0.6) is 0 Å². The summed E-state index contributed by atoms with van der Waals surface area (Å²) in [6, 6.07) is 6.83. The number of rotatable bonds is 4. The second kappa shape index (κ2) is 7.79. The van der Waals surface area contributed by atoms with Crippen LogP contribution in [0.15, 0.2) is 22.7 Å². The fourth-order valence-corrected chi connectivity index (χ4v) is 3.89. The summed E-state index contributed by atoms with van der Waals surface area (Å²) in [5.41, 5.74) is 7.27. The van der Waals surface area contributed by atoms with Crippen LogP contribution in [0.1, 0.15) is 50.1 Å². The predicted molar refractivity (Wildman–Crippen MR) is 90.2 cm³/mol. The van der Waals surface area contributed by atoms with E-state index in [0.29, 0.717) is 12.6 Å². The van der Waals surface area contributed by atoms with E-state index in [1.165, 1.54) is 44.1 Å². The maximum atomic E-state index is 6.15. The zero-order chi connectivity index (χ0) is 14.5. The summed E-state index contributed by atoms with van der Waals surface area (Å²) in [5, 5.41) is 0.774. The predicted octanol–water partition coefficient (Wildman–Crippen LogP) is 4.76. The van der Waals surface area contributed by atoms with Gasteiger partial charge in [-0.3, -0.25) is 4.90 Å². The molecule has 1 aromatic carbocycles. The molecule has 0 radical (unpaired) electrons. The smallest absolute Gasteiger partial charge is 0.0482 e. The number of hydrogen-bond acceptors (Lipinski definition) is 2. The van der Waals surface area contributed by atoms with Gasteiger partial charge in [0, 0.05) is 28.1 Å². The molecule has 1 fully saturated rings. The van der Waals surface area contributed by atoms with Crippen LogP contribution >= 0.6 is 27.5 Å². The zero-order valence-corrected chi connectivity index (χ0v) is 14.5. The van der Waals surface area contributed by atoms with E-state index in [0.717, 1.165) is 9.50 Å². The lowest BCUT2D eigenvalue weighted by molar-refractivity contribution is 0.161. The number of nitrogens with zero attached hydrogens (tertiary/aromatic N) is 1. The molecule has 1 saturated carbocycles. The summed E-state index contributed by atoms with van der Waals surface area (Å²) >= 11 is 9.79. The van der Waals surface area contributed by atoms with Crippen molar-refractivity contribution >= 4 is 27.5 Å². The van der Waals surface area contributed by atoms with Crippen molar-refractivity contribution in [1.29, 1.82) is 0 Å². The molecule has 0 spiro atoms. The fourth-order valence-electron chi connectivity index (χ4n) is 3.20. The Morgan fingerprint density at radius 2 is 1.95 bits per heavy atom. The van der Waals surface area contributed by atoms with Crippen molar-refractivity contribution in [3.63, 3.8) is 0 Å². The molecule has 1 aromatic rings. The molecule has 20 heavy (non-hydrogen) atoms. The van der Waals surface area contributed by atoms with E-state index in [4.69, 9.17) is 17.3 Å². The second-order valence-electron chi connectivity index (χ2n) is 5.73. The van der Waals surface area contributed by atoms with Gasteiger partial charge in [0.25, 0.3) is 0 Å². The summed E-state index contributed by atoms with van der Waals surface area (Å²) in [4.78, 5) is 2.46. The minimum Gasteiger partial charge on any atom is -0.329 e. The molecular formula is C16H24BrClN2. The van der Waals surface area contributed by atoms with E-state index in [1.807, 2.05) is 18.2 Å². The van der Waals surface area contributed by atoms with E-state index < -0.39 is 0 Å². The zero-order valence-electron chi connectivity index (χ0n) is 12.1. The molecule has 2 N–H and O–H groups in total. The van der Waals surface area contributed by atoms with E-state index in [2.05, 4.69) is 27.9 Å². The van der Waals surface area contributed by atoms with Crippen LogP contribution < -0.4 is 5.73 Å². The topological polar surface area (TPSA) is 29.3 Å². The molecule has 0 bridgehead atoms. The molecule has 0 aliphatic heterocycles. The van der Waals surface area contributed by atoms with Gasteiger partial charge in [0.2, 0.25) is 0 Å². The van der Waals surface area contributed by atoms with Gasteiger partial charge < -0.3 is 5.73 Å². The highest BCUT2D eigenvalue weighted by Gasteiger charge is 2.25. The Hall–Kier alpha value is -0.0900. The van der Waals surface area contributed by atoms with E-state index >= 15 is 0 Å². The van der Waals surface area contributed by atoms with Crippen molar-refractivity contribution in [2.75, 3.05) is 13.6 Å². The lowest BCUT2D eigenvalue weighted by Crippen LogP contribution is -2.38. The first-order chi connectivity index (χ1) is 9.63. The van der Waals surface area contributed by atoms with Crippen molar-refractivity contribution in [2.45, 2.75) is 50.6 Å². The van der Waals surface area contributed by atoms with Crippen LogP contribution in [0.25, 0.3) is 0 Å². The van der Waals surface area contributed by atoms with Gasteiger partial charge in [0.1, 0.15) is 0 Å². The first-order valence-corrected chi connectivity index (χ1v) is 8.67. The molecule has 0 aromatic heterocycles. The largest absolute Gasteiger partial charge is 0.329 e. The Morgan fingerprint density at radius 1 is 1.30 bits per heavy atom. The van der Waals surface area contributed by atoms with Crippen molar-refractivity contribution in [1.82, 2.24) is 4.90 Å². The average molecular weight is 360 g/mol. The first-order valence-electron chi connectivity index (χ1n) is 7.50. The number of hydrogen-bond donors (Lipinski definition) is 1. The van der Waals surface area contributed by atoms with Crippen molar-refractivity contribution < 1.29 is 0 Å². The van der Waals surface area contributed by atoms with Gasteiger partial charge >= 0.3 is 0 Å². The minimum absolute atomic E-state index is 0.228. The number of halogens is 2. The second-order valence-corrected chi connectivity index (χ2v) is 7.02. The Labute approximate surface area is 135 Å². The van der Waals surface area contributed by atoms with Gasteiger partial charge in [-0.05, 0) is 43.7 Å². The Bertz CT molecular complexity index is 430. The molecule has 0 amide bonds. The summed E-state index contributed by atoms with van der Waals surface area (Å²) in [7, 11) is 2.21. The average Bonchev–Trinajstić information content (AvgIpc) is 2.72. The fraction of sp³-hybridized carbons (Fsp3) is 0.625. The Morgan fingerprint density at radius 3 is 2.55 bits per heavy atom. The van der Waals surface area contributed by atoms with E-state index in [9.17, 15) is 0 Å². The molecule has 0 heterocycles. The minimum atomic E-state index is 0.228. The first kappa shape index (κ1) is 16.3. The third kappa shape index (κ3) is 3.97.